The van der Waals surface area contributed by atoms with Crippen LogP contribution in [0.4, 0.5) is 14.4 Å². The summed E-state index contributed by atoms with van der Waals surface area (Å²) < 4.78 is 21.3. The largest absolute Gasteiger partial charge is 0.460 e. The lowest BCUT2D eigenvalue weighted by Crippen LogP contribution is -2.43. The van der Waals surface area contributed by atoms with Crippen molar-refractivity contribution in [2.45, 2.75) is 195 Å². The molecule has 0 aliphatic heterocycles. The first kappa shape index (κ1) is 50.4. The van der Waals surface area contributed by atoms with Crippen molar-refractivity contribution in [2.75, 3.05) is 19.6 Å². The number of nitrogens with one attached hydrogen (secondary N) is 4. The van der Waals surface area contributed by atoms with E-state index in [1.165, 1.54) is 0 Å². The molecule has 0 aliphatic rings. The van der Waals surface area contributed by atoms with Gasteiger partial charge in [-0.3, -0.25) is 14.4 Å². The van der Waals surface area contributed by atoms with E-state index in [4.69, 9.17) is 18.9 Å². The third-order valence-corrected chi connectivity index (χ3v) is 7.42. The molecule has 0 aliphatic carbocycles. The quantitative estimate of drug-likeness (QED) is 0.0457. The lowest BCUT2D eigenvalue weighted by Gasteiger charge is -2.23. The van der Waals surface area contributed by atoms with Crippen LogP contribution in [-0.4, -0.2) is 84.0 Å². The van der Waals surface area contributed by atoms with Crippen LogP contribution in [0.3, 0.4) is 0 Å². The van der Waals surface area contributed by atoms with Crippen molar-refractivity contribution in [1.29, 1.82) is 0 Å². The van der Waals surface area contributed by atoms with Crippen LogP contribution in [0.25, 0.3) is 0 Å². The van der Waals surface area contributed by atoms with Gasteiger partial charge in [0.05, 0.1) is 12.5 Å². The van der Waals surface area contributed by atoms with E-state index in [0.717, 1.165) is 25.7 Å². The summed E-state index contributed by atoms with van der Waals surface area (Å²) in [6.07, 6.45) is 6.00. The summed E-state index contributed by atoms with van der Waals surface area (Å²) >= 11 is 0. The Kier molecular flexibility index (Phi) is 23.1. The van der Waals surface area contributed by atoms with Crippen LogP contribution >= 0.6 is 0 Å². The van der Waals surface area contributed by atoms with Crippen molar-refractivity contribution < 1.29 is 47.7 Å². The topological polar surface area (TPSA) is 187 Å². The maximum atomic E-state index is 13.1. The van der Waals surface area contributed by atoms with Crippen molar-refractivity contribution in [1.82, 2.24) is 21.3 Å². The molecule has 0 bridgehead atoms. The predicted molar refractivity (Wildman–Crippen MR) is 209 cm³/mol. The maximum absolute atomic E-state index is 13.1. The molecule has 0 rings (SSSR count). The molecule has 314 valence electrons. The lowest BCUT2D eigenvalue weighted by molar-refractivity contribution is -0.157. The molecule has 0 aromatic carbocycles. The van der Waals surface area contributed by atoms with Gasteiger partial charge in [0.25, 0.3) is 0 Å². The van der Waals surface area contributed by atoms with Crippen molar-refractivity contribution in [3.8, 4) is 0 Å². The Morgan fingerprint density at radius 2 is 0.870 bits per heavy atom. The van der Waals surface area contributed by atoms with E-state index in [-0.39, 0.29) is 18.1 Å². The first-order chi connectivity index (χ1) is 24.8. The zero-order valence-corrected chi connectivity index (χ0v) is 35.6. The average molecular weight is 771 g/mol. The molecule has 0 heterocycles. The lowest BCUT2D eigenvalue weighted by atomic mass is 9.97. The van der Waals surface area contributed by atoms with E-state index in [2.05, 4.69) is 21.3 Å². The molecule has 4 amide bonds. The van der Waals surface area contributed by atoms with Gasteiger partial charge in [0, 0.05) is 32.0 Å². The van der Waals surface area contributed by atoms with Crippen molar-refractivity contribution in [2.24, 2.45) is 5.92 Å². The summed E-state index contributed by atoms with van der Waals surface area (Å²) in [7, 11) is 0. The van der Waals surface area contributed by atoms with Crippen LogP contribution < -0.4 is 21.3 Å². The predicted octanol–water partition coefficient (Wildman–Crippen LogP) is 7.64. The first-order valence-electron chi connectivity index (χ1n) is 19.7. The second kappa shape index (κ2) is 24.8. The Balaban J connectivity index is 4.76. The van der Waals surface area contributed by atoms with Gasteiger partial charge in [-0.1, -0.05) is 25.7 Å². The number of carbonyl (C=O) groups is 6. The molecule has 0 radical (unpaired) electrons. The summed E-state index contributed by atoms with van der Waals surface area (Å²) in [5.41, 5.74) is -2.53. The molecule has 0 fully saturated rings. The zero-order valence-electron chi connectivity index (χ0n) is 35.6. The highest BCUT2D eigenvalue weighted by Crippen LogP contribution is 2.18. The summed E-state index contributed by atoms with van der Waals surface area (Å²) in [5.74, 6) is -1.24. The van der Waals surface area contributed by atoms with Crippen molar-refractivity contribution in [3.05, 3.63) is 0 Å². The highest BCUT2D eigenvalue weighted by Gasteiger charge is 2.26. The molecule has 14 nitrogen and oxygen atoms in total. The number of ketones is 1. The highest BCUT2D eigenvalue weighted by molar-refractivity contribution is 5.87. The molecule has 4 N–H and O–H groups in total. The van der Waals surface area contributed by atoms with E-state index in [1.807, 2.05) is 0 Å². The van der Waals surface area contributed by atoms with Crippen LogP contribution in [0, 0.1) is 5.92 Å². The van der Waals surface area contributed by atoms with Gasteiger partial charge in [-0.2, -0.15) is 0 Å². The van der Waals surface area contributed by atoms with Crippen LogP contribution in [0.1, 0.15) is 167 Å². The van der Waals surface area contributed by atoms with Gasteiger partial charge >= 0.3 is 24.2 Å². The minimum Gasteiger partial charge on any atom is -0.460 e. The molecule has 0 spiro atoms. The van der Waals surface area contributed by atoms with Gasteiger partial charge in [0.1, 0.15) is 22.4 Å². The SMILES string of the molecule is CC(C)(C)OC(=O)C[C@H](CCCCNC(=O)OC(C)(C)C)C(=O)NCCCCCCCC(=O)[C@H](CCCCNC(=O)OC(C)(C)C)NC(=O)OC(C)(C)C. The smallest absolute Gasteiger partial charge is 0.408 e. The molecule has 0 saturated heterocycles. The number of hydrogen-bond acceptors (Lipinski definition) is 10. The molecule has 0 aromatic rings. The molecule has 0 saturated carbocycles. The summed E-state index contributed by atoms with van der Waals surface area (Å²) in [6, 6.07) is -0.688. The fraction of sp³-hybridized carbons (Fsp3) is 0.850. The fourth-order valence-electron chi connectivity index (χ4n) is 5.16. The number of unbranched alkanes of at least 4 members (excludes halogenated alkanes) is 6. The standard InChI is InChI=1S/C40H74N4O10/c1-37(2,3)51-32(46)28-29(22-17-20-26-42-34(48)52-38(4,5)6)33(47)41-25-19-15-13-14-16-24-31(45)30(44-36(50)54-40(10,11)12)23-18-21-27-43-35(49)53-39(7,8)9/h29-30H,13-28H2,1-12H3,(H,41,47)(H,42,48)(H,43,49)(H,44,50)/t29-,30-/m0/s1. The van der Waals surface area contributed by atoms with Crippen LogP contribution in [-0.2, 0) is 33.3 Å². The third kappa shape index (κ3) is 30.8. The van der Waals surface area contributed by atoms with Gasteiger partial charge in [-0.25, -0.2) is 14.4 Å². The number of Topliss-reactive ketones (excluding diaryl/α,β-unsaturated/α-hetero) is 1. The Hall–Kier alpha value is -3.58. The first-order valence-corrected chi connectivity index (χ1v) is 19.7. The number of rotatable bonds is 23. The number of amides is 4. The monoisotopic (exact) mass is 771 g/mol. The van der Waals surface area contributed by atoms with Gasteiger partial charge in [-0.05, 0) is 128 Å². The van der Waals surface area contributed by atoms with Crippen molar-refractivity contribution >= 4 is 35.9 Å². The third-order valence-electron chi connectivity index (χ3n) is 7.42. The summed E-state index contributed by atoms with van der Waals surface area (Å²) in [4.78, 5) is 75.0. The van der Waals surface area contributed by atoms with E-state index in [9.17, 15) is 28.8 Å². The van der Waals surface area contributed by atoms with E-state index in [1.54, 1.807) is 83.1 Å². The molecule has 14 heteroatoms. The second-order valence-corrected chi connectivity index (χ2v) is 17.8. The van der Waals surface area contributed by atoms with E-state index >= 15 is 0 Å². The van der Waals surface area contributed by atoms with E-state index in [0.29, 0.717) is 71.0 Å². The minimum atomic E-state index is -0.699. The second-order valence-electron chi connectivity index (χ2n) is 17.8. The maximum Gasteiger partial charge on any atom is 0.408 e. The number of hydrogen-bond donors (Lipinski definition) is 4. The molecule has 2 atom stereocenters. The number of ether oxygens (including phenoxy) is 4. The number of alkyl carbamates (subject to hydrolysis) is 3. The van der Waals surface area contributed by atoms with Crippen LogP contribution in [0.5, 0.6) is 0 Å². The van der Waals surface area contributed by atoms with Gasteiger partial charge in [0.2, 0.25) is 5.91 Å². The van der Waals surface area contributed by atoms with Gasteiger partial charge in [0.15, 0.2) is 5.78 Å². The van der Waals surface area contributed by atoms with Crippen molar-refractivity contribution in [3.63, 3.8) is 0 Å². The summed E-state index contributed by atoms with van der Waals surface area (Å²) in [5, 5.41) is 11.1. The Morgan fingerprint density at radius 3 is 1.37 bits per heavy atom. The normalized spacial score (nSPS) is 13.2. The molecule has 0 unspecified atom stereocenters. The van der Waals surface area contributed by atoms with Gasteiger partial charge in [-0.15, -0.1) is 0 Å². The zero-order chi connectivity index (χ0) is 41.6. The molecular formula is C40H74N4O10. The Bertz CT molecular complexity index is 1070. The Labute approximate surface area is 325 Å². The van der Waals surface area contributed by atoms with E-state index < -0.39 is 58.6 Å². The van der Waals surface area contributed by atoms with Crippen LogP contribution in [0.15, 0.2) is 0 Å². The molecular weight excluding hydrogens is 696 g/mol. The average Bonchev–Trinajstić information content (AvgIpc) is 2.97. The number of carbonyl (C=O) groups excluding carboxylic acids is 6. The highest BCUT2D eigenvalue weighted by atomic mass is 16.6. The van der Waals surface area contributed by atoms with Gasteiger partial charge < -0.3 is 40.2 Å². The fourth-order valence-corrected chi connectivity index (χ4v) is 5.16. The minimum absolute atomic E-state index is 0.0244. The molecule has 54 heavy (non-hydrogen) atoms. The summed E-state index contributed by atoms with van der Waals surface area (Å²) in [6.45, 7) is 22.7. The molecule has 0 aromatic heterocycles. The van der Waals surface area contributed by atoms with Crippen LogP contribution in [0.2, 0.25) is 0 Å². The number of esters is 1. The Morgan fingerprint density at radius 1 is 0.463 bits per heavy atom.